The second-order valence-electron chi connectivity index (χ2n) is 5.91. The van der Waals surface area contributed by atoms with Crippen LogP contribution >= 0.6 is 15.9 Å². The van der Waals surface area contributed by atoms with Crippen molar-refractivity contribution >= 4 is 22.0 Å². The van der Waals surface area contributed by atoms with E-state index in [1.54, 1.807) is 7.05 Å². The topological polar surface area (TPSA) is 38.8 Å². The number of likely N-dealkylation sites (N-methyl/N-ethyl adjacent to an activating group) is 1. The molecular weight excluding hydrogens is 334 g/mol. The average molecular weight is 358 g/mol. The van der Waals surface area contributed by atoms with Crippen LogP contribution in [0.1, 0.15) is 31.9 Å². The fourth-order valence-electron chi connectivity index (χ4n) is 1.63. The summed E-state index contributed by atoms with van der Waals surface area (Å²) in [6.45, 7) is 7.09. The van der Waals surface area contributed by atoms with Gasteiger partial charge in [0.15, 0.2) is 0 Å². The lowest BCUT2D eigenvalue weighted by Gasteiger charge is -2.24. The van der Waals surface area contributed by atoms with Gasteiger partial charge in [-0.2, -0.15) is 0 Å². The minimum Gasteiger partial charge on any atom is -0.444 e. The molecule has 0 aromatic heterocycles. The number of alkyl halides is 1. The smallest absolute Gasteiger partial charge is 0.410 e. The minimum atomic E-state index is -0.470. The van der Waals surface area contributed by atoms with Crippen LogP contribution in [0, 0.1) is 0 Å². The Morgan fingerprint density at radius 1 is 1.29 bits per heavy atom. The highest BCUT2D eigenvalue weighted by Gasteiger charge is 2.19. The van der Waals surface area contributed by atoms with E-state index in [1.165, 1.54) is 10.5 Å². The molecule has 0 aliphatic rings. The first-order valence-corrected chi connectivity index (χ1v) is 8.09. The number of rotatable bonds is 6. The Labute approximate surface area is 135 Å². The van der Waals surface area contributed by atoms with Crippen molar-refractivity contribution in [3.63, 3.8) is 0 Å². The summed E-state index contributed by atoms with van der Waals surface area (Å²) in [5.41, 5.74) is 1.89. The summed E-state index contributed by atoms with van der Waals surface area (Å²) in [6, 6.07) is 8.21. The van der Waals surface area contributed by atoms with Crippen LogP contribution in [0.3, 0.4) is 0 Å². The van der Waals surface area contributed by atoms with Crippen LogP contribution in [0.15, 0.2) is 24.3 Å². The number of carbonyl (C=O) groups is 1. The van der Waals surface area contributed by atoms with Gasteiger partial charge in [0.05, 0.1) is 13.2 Å². The first kappa shape index (κ1) is 18.0. The van der Waals surface area contributed by atoms with Crippen molar-refractivity contribution in [2.24, 2.45) is 0 Å². The van der Waals surface area contributed by atoms with Gasteiger partial charge in [-0.05, 0) is 31.9 Å². The average Bonchev–Trinajstić information content (AvgIpc) is 2.41. The van der Waals surface area contributed by atoms with Gasteiger partial charge in [0.2, 0.25) is 0 Å². The summed E-state index contributed by atoms with van der Waals surface area (Å²) >= 11 is 3.43. The highest BCUT2D eigenvalue weighted by atomic mass is 79.9. The number of carbonyl (C=O) groups excluding carboxylic acids is 1. The fraction of sp³-hybridized carbons (Fsp3) is 0.562. The third kappa shape index (κ3) is 7.48. The molecule has 0 radical (unpaired) electrons. The molecule has 0 spiro atoms. The van der Waals surface area contributed by atoms with Crippen LogP contribution in [0.4, 0.5) is 4.79 Å². The summed E-state index contributed by atoms with van der Waals surface area (Å²) < 4.78 is 10.9. The molecule has 0 atom stereocenters. The van der Waals surface area contributed by atoms with Gasteiger partial charge in [0, 0.05) is 18.9 Å². The Hall–Kier alpha value is -1.07. The molecule has 1 amide bonds. The van der Waals surface area contributed by atoms with Gasteiger partial charge in [0.25, 0.3) is 0 Å². The second-order valence-corrected chi connectivity index (χ2v) is 6.47. The lowest BCUT2D eigenvalue weighted by molar-refractivity contribution is 0.0221. The molecule has 5 heteroatoms. The number of nitrogens with zero attached hydrogens (tertiary/aromatic N) is 1. The van der Waals surface area contributed by atoms with Crippen molar-refractivity contribution in [3.8, 4) is 0 Å². The molecule has 0 unspecified atom stereocenters. The van der Waals surface area contributed by atoms with Crippen LogP contribution in [0.5, 0.6) is 0 Å². The molecule has 0 bridgehead atoms. The van der Waals surface area contributed by atoms with Crippen molar-refractivity contribution in [2.75, 3.05) is 20.2 Å². The molecule has 0 fully saturated rings. The molecule has 0 aliphatic carbocycles. The van der Waals surface area contributed by atoms with E-state index in [4.69, 9.17) is 9.47 Å². The molecule has 21 heavy (non-hydrogen) atoms. The number of halogens is 1. The van der Waals surface area contributed by atoms with Crippen LogP contribution in [-0.2, 0) is 21.4 Å². The van der Waals surface area contributed by atoms with E-state index in [0.717, 1.165) is 10.9 Å². The van der Waals surface area contributed by atoms with Crippen LogP contribution in [0.2, 0.25) is 0 Å². The van der Waals surface area contributed by atoms with Crippen molar-refractivity contribution in [3.05, 3.63) is 35.4 Å². The molecular formula is C16H24BrNO3. The summed E-state index contributed by atoms with van der Waals surface area (Å²) in [7, 11) is 1.71. The zero-order valence-electron chi connectivity index (χ0n) is 13.2. The summed E-state index contributed by atoms with van der Waals surface area (Å²) in [6.07, 6.45) is -0.326. The maximum Gasteiger partial charge on any atom is 0.410 e. The summed E-state index contributed by atoms with van der Waals surface area (Å²) in [4.78, 5) is 13.3. The van der Waals surface area contributed by atoms with E-state index in [-0.39, 0.29) is 6.09 Å². The van der Waals surface area contributed by atoms with Gasteiger partial charge in [-0.1, -0.05) is 40.2 Å². The third-order valence-corrected chi connectivity index (χ3v) is 3.34. The first-order valence-electron chi connectivity index (χ1n) is 6.97. The van der Waals surface area contributed by atoms with E-state index in [9.17, 15) is 4.79 Å². The van der Waals surface area contributed by atoms with Crippen molar-refractivity contribution < 1.29 is 14.3 Å². The monoisotopic (exact) mass is 357 g/mol. The van der Waals surface area contributed by atoms with Gasteiger partial charge in [-0.15, -0.1) is 0 Å². The minimum absolute atomic E-state index is 0.326. The Morgan fingerprint density at radius 2 is 1.95 bits per heavy atom. The van der Waals surface area contributed by atoms with E-state index in [1.807, 2.05) is 32.9 Å². The molecule has 0 aliphatic heterocycles. The van der Waals surface area contributed by atoms with Gasteiger partial charge in [0.1, 0.15) is 5.60 Å². The first-order chi connectivity index (χ1) is 9.81. The molecule has 1 rings (SSSR count). The van der Waals surface area contributed by atoms with Gasteiger partial charge < -0.3 is 14.4 Å². The molecule has 0 saturated carbocycles. The number of benzene rings is 1. The van der Waals surface area contributed by atoms with E-state index < -0.39 is 5.60 Å². The number of hydrogen-bond acceptors (Lipinski definition) is 3. The predicted molar refractivity (Wildman–Crippen MR) is 87.6 cm³/mol. The van der Waals surface area contributed by atoms with Crippen molar-refractivity contribution in [1.29, 1.82) is 0 Å². The predicted octanol–water partition coefficient (Wildman–Crippen LogP) is 3.97. The molecule has 1 aromatic carbocycles. The molecule has 0 saturated heterocycles. The van der Waals surface area contributed by atoms with Crippen molar-refractivity contribution in [1.82, 2.24) is 4.90 Å². The standard InChI is InChI=1S/C16H24BrNO3/c1-16(2,3)21-15(19)18(4)8-9-20-12-14-7-5-6-13(10-14)11-17/h5-7,10H,8-9,11-12H2,1-4H3. The lowest BCUT2D eigenvalue weighted by atomic mass is 10.1. The zero-order valence-corrected chi connectivity index (χ0v) is 14.8. The van der Waals surface area contributed by atoms with Crippen LogP contribution in [0.25, 0.3) is 0 Å². The molecule has 0 heterocycles. The van der Waals surface area contributed by atoms with Gasteiger partial charge >= 0.3 is 6.09 Å². The van der Waals surface area contributed by atoms with E-state index in [0.29, 0.717) is 19.8 Å². The normalized spacial score (nSPS) is 11.3. The molecule has 1 aromatic rings. The third-order valence-electron chi connectivity index (χ3n) is 2.69. The van der Waals surface area contributed by atoms with Crippen LogP contribution in [-0.4, -0.2) is 36.8 Å². The quantitative estimate of drug-likeness (QED) is 0.571. The Kier molecular flexibility index (Phi) is 7.18. The summed E-state index contributed by atoms with van der Waals surface area (Å²) in [5, 5.41) is 0.836. The van der Waals surface area contributed by atoms with E-state index in [2.05, 4.69) is 28.1 Å². The maximum absolute atomic E-state index is 11.7. The SMILES string of the molecule is CN(CCOCc1cccc(CBr)c1)C(=O)OC(C)(C)C. The van der Waals surface area contributed by atoms with Crippen LogP contribution < -0.4 is 0 Å². The summed E-state index contributed by atoms with van der Waals surface area (Å²) in [5.74, 6) is 0. The Balaban J connectivity index is 2.28. The number of ether oxygens (including phenoxy) is 2. The highest BCUT2D eigenvalue weighted by Crippen LogP contribution is 2.10. The van der Waals surface area contributed by atoms with Gasteiger partial charge in [-0.25, -0.2) is 4.79 Å². The van der Waals surface area contributed by atoms with E-state index >= 15 is 0 Å². The Bertz CT molecular complexity index is 457. The van der Waals surface area contributed by atoms with Crippen molar-refractivity contribution in [2.45, 2.75) is 38.3 Å². The lowest BCUT2D eigenvalue weighted by Crippen LogP contribution is -2.36. The molecule has 4 nitrogen and oxygen atoms in total. The number of amides is 1. The number of hydrogen-bond donors (Lipinski definition) is 0. The molecule has 0 N–H and O–H groups in total. The second kappa shape index (κ2) is 8.39. The Morgan fingerprint density at radius 3 is 2.57 bits per heavy atom. The molecule has 118 valence electrons. The fourth-order valence-corrected chi connectivity index (χ4v) is 1.97. The largest absolute Gasteiger partial charge is 0.444 e. The van der Waals surface area contributed by atoms with Gasteiger partial charge in [-0.3, -0.25) is 0 Å². The maximum atomic E-state index is 11.7. The highest BCUT2D eigenvalue weighted by molar-refractivity contribution is 9.08. The zero-order chi connectivity index (χ0) is 15.9.